The molecule has 4 aliphatic carbocycles. The van der Waals surface area contributed by atoms with Gasteiger partial charge in [0.15, 0.2) is 5.78 Å². The highest BCUT2D eigenvalue weighted by molar-refractivity contribution is 5.99. The van der Waals surface area contributed by atoms with E-state index in [2.05, 4.69) is 52.8 Å². The van der Waals surface area contributed by atoms with Crippen molar-refractivity contribution >= 4 is 5.78 Å². The van der Waals surface area contributed by atoms with Crippen molar-refractivity contribution in [2.24, 2.45) is 40.4 Å². The van der Waals surface area contributed by atoms with E-state index in [0.717, 1.165) is 36.7 Å². The Hall–Kier alpha value is -1.15. The molecule has 170 valence electrons. The van der Waals surface area contributed by atoms with Gasteiger partial charge in [-0.15, -0.1) is 0 Å². The molecular formula is C29H42O2. The number of Topliss-reactive ketones (excluding diaryl/α,β-unsaturated/α-hetero) is 1. The van der Waals surface area contributed by atoms with E-state index in [1.54, 1.807) is 0 Å². The molecule has 5 rings (SSSR count). The molecule has 0 aromatic heterocycles. The van der Waals surface area contributed by atoms with Crippen molar-refractivity contribution in [3.63, 3.8) is 0 Å². The molecular weight excluding hydrogens is 380 g/mol. The van der Waals surface area contributed by atoms with E-state index < -0.39 is 5.60 Å². The van der Waals surface area contributed by atoms with Crippen molar-refractivity contribution in [2.75, 3.05) is 0 Å². The summed E-state index contributed by atoms with van der Waals surface area (Å²) < 4.78 is 0. The zero-order valence-corrected chi connectivity index (χ0v) is 20.3. The van der Waals surface area contributed by atoms with Gasteiger partial charge in [-0.3, -0.25) is 4.79 Å². The summed E-state index contributed by atoms with van der Waals surface area (Å²) in [4.78, 5) is 13.7. The van der Waals surface area contributed by atoms with Crippen molar-refractivity contribution in [3.8, 4) is 0 Å². The predicted molar refractivity (Wildman–Crippen MR) is 126 cm³/mol. The van der Waals surface area contributed by atoms with E-state index >= 15 is 0 Å². The van der Waals surface area contributed by atoms with Gasteiger partial charge in [0.2, 0.25) is 0 Å². The molecule has 2 nitrogen and oxygen atoms in total. The first-order valence-corrected chi connectivity index (χ1v) is 12.9. The van der Waals surface area contributed by atoms with Crippen LogP contribution < -0.4 is 0 Å². The number of carbonyl (C=O) groups is 1. The number of rotatable bonds is 2. The Bertz CT molecular complexity index is 864. The lowest BCUT2D eigenvalue weighted by Crippen LogP contribution is -2.55. The van der Waals surface area contributed by atoms with Crippen LogP contribution in [0.5, 0.6) is 0 Å². The zero-order chi connectivity index (χ0) is 22.2. The largest absolute Gasteiger partial charge is 0.390 e. The van der Waals surface area contributed by atoms with E-state index in [-0.39, 0.29) is 11.3 Å². The maximum absolute atomic E-state index is 13.7. The summed E-state index contributed by atoms with van der Waals surface area (Å²) in [7, 11) is 0. The standard InChI is InChI=1S/C29H42O2/c1-18-14-19(2)16-20(15-18)26(30)25-9-8-23-22-7-6-21-17-27(3,31)12-13-28(21,4)24(22)10-11-29(23,25)5/h14-16,21-25,31H,6-13,17H2,1-5H3/t21-,22+,23+,24+,25-,27-,28+,29+/m1/s1. The highest BCUT2D eigenvalue weighted by Gasteiger charge is 2.61. The SMILES string of the molecule is Cc1cc(C)cc(C(=O)[C@H]2CC[C@H]3[C@@H]4CC[C@@H]5C[C@](C)(O)CC[C@]5(C)[C@H]4CC[C@]23C)c1. The normalized spacial score (nSPS) is 46.7. The number of hydrogen-bond donors (Lipinski definition) is 1. The molecule has 1 aromatic carbocycles. The van der Waals surface area contributed by atoms with Crippen LogP contribution in [-0.4, -0.2) is 16.5 Å². The smallest absolute Gasteiger partial charge is 0.166 e. The van der Waals surface area contributed by atoms with Crippen LogP contribution in [0.15, 0.2) is 18.2 Å². The van der Waals surface area contributed by atoms with Gasteiger partial charge in [0.25, 0.3) is 0 Å². The minimum atomic E-state index is -0.461. The van der Waals surface area contributed by atoms with Gasteiger partial charge in [0.05, 0.1) is 5.60 Å². The van der Waals surface area contributed by atoms with E-state index in [1.807, 2.05) is 0 Å². The second kappa shape index (κ2) is 7.17. The van der Waals surface area contributed by atoms with Gasteiger partial charge in [-0.2, -0.15) is 0 Å². The number of fused-ring (bicyclic) bond motifs is 5. The number of benzene rings is 1. The molecule has 0 spiro atoms. The second-order valence-corrected chi connectivity index (χ2v) is 12.8. The molecule has 4 saturated carbocycles. The maximum Gasteiger partial charge on any atom is 0.166 e. The number of ketones is 1. The first-order chi connectivity index (χ1) is 14.5. The zero-order valence-electron chi connectivity index (χ0n) is 20.3. The van der Waals surface area contributed by atoms with Gasteiger partial charge in [-0.25, -0.2) is 0 Å². The van der Waals surface area contributed by atoms with Gasteiger partial charge in [-0.05, 0) is 125 Å². The molecule has 2 heteroatoms. The Morgan fingerprint density at radius 1 is 0.839 bits per heavy atom. The molecule has 8 atom stereocenters. The van der Waals surface area contributed by atoms with Crippen LogP contribution in [0.3, 0.4) is 0 Å². The van der Waals surface area contributed by atoms with Crippen molar-refractivity contribution in [1.82, 2.24) is 0 Å². The molecule has 0 saturated heterocycles. The fraction of sp³-hybridized carbons (Fsp3) is 0.759. The van der Waals surface area contributed by atoms with Gasteiger partial charge < -0.3 is 5.11 Å². The molecule has 0 unspecified atom stereocenters. The topological polar surface area (TPSA) is 37.3 Å². The third kappa shape index (κ3) is 3.35. The first-order valence-electron chi connectivity index (χ1n) is 12.9. The third-order valence-electron chi connectivity index (χ3n) is 10.8. The van der Waals surface area contributed by atoms with E-state index in [4.69, 9.17) is 0 Å². The van der Waals surface area contributed by atoms with Gasteiger partial charge in [0.1, 0.15) is 0 Å². The monoisotopic (exact) mass is 422 g/mol. The summed E-state index contributed by atoms with van der Waals surface area (Å²) in [6.07, 6.45) is 10.5. The molecule has 1 N–H and O–H groups in total. The molecule has 4 fully saturated rings. The van der Waals surface area contributed by atoms with Crippen LogP contribution in [0.25, 0.3) is 0 Å². The van der Waals surface area contributed by atoms with Crippen molar-refractivity contribution in [2.45, 2.75) is 98.0 Å². The van der Waals surface area contributed by atoms with Crippen LogP contribution in [0, 0.1) is 54.3 Å². The fourth-order valence-electron chi connectivity index (χ4n) is 9.18. The minimum Gasteiger partial charge on any atom is -0.390 e. The molecule has 0 radical (unpaired) electrons. The number of hydrogen-bond acceptors (Lipinski definition) is 2. The Balaban J connectivity index is 1.40. The second-order valence-electron chi connectivity index (χ2n) is 12.8. The predicted octanol–water partition coefficient (Wildman–Crippen LogP) is 6.90. The summed E-state index contributed by atoms with van der Waals surface area (Å²) >= 11 is 0. The van der Waals surface area contributed by atoms with Crippen molar-refractivity contribution in [1.29, 1.82) is 0 Å². The molecule has 4 aliphatic rings. The maximum atomic E-state index is 13.7. The van der Waals surface area contributed by atoms with E-state index in [1.165, 1.54) is 49.7 Å². The van der Waals surface area contributed by atoms with E-state index in [0.29, 0.717) is 23.0 Å². The summed E-state index contributed by atoms with van der Waals surface area (Å²) in [6, 6.07) is 6.39. The van der Waals surface area contributed by atoms with Crippen molar-refractivity contribution < 1.29 is 9.90 Å². The van der Waals surface area contributed by atoms with Gasteiger partial charge >= 0.3 is 0 Å². The number of carbonyl (C=O) groups excluding carboxylic acids is 1. The molecule has 31 heavy (non-hydrogen) atoms. The quantitative estimate of drug-likeness (QED) is 0.527. The lowest BCUT2D eigenvalue weighted by Gasteiger charge is -2.61. The number of aliphatic hydroxyl groups is 1. The fourth-order valence-corrected chi connectivity index (χ4v) is 9.18. The first kappa shape index (κ1) is 21.7. The summed E-state index contributed by atoms with van der Waals surface area (Å²) in [6.45, 7) is 11.3. The van der Waals surface area contributed by atoms with Crippen molar-refractivity contribution in [3.05, 3.63) is 34.9 Å². The summed E-state index contributed by atoms with van der Waals surface area (Å²) in [5, 5.41) is 10.7. The Morgan fingerprint density at radius 2 is 1.52 bits per heavy atom. The highest BCUT2D eigenvalue weighted by atomic mass is 16.3. The average Bonchev–Trinajstić information content (AvgIpc) is 3.04. The average molecular weight is 423 g/mol. The van der Waals surface area contributed by atoms with Crippen LogP contribution in [0.4, 0.5) is 0 Å². The summed E-state index contributed by atoms with van der Waals surface area (Å²) in [5.41, 5.74) is 3.44. The molecule has 0 heterocycles. The van der Waals surface area contributed by atoms with Crippen LogP contribution in [-0.2, 0) is 0 Å². The minimum absolute atomic E-state index is 0.166. The summed E-state index contributed by atoms with van der Waals surface area (Å²) in [5.74, 6) is 3.54. The molecule has 1 aromatic rings. The molecule has 0 bridgehead atoms. The van der Waals surface area contributed by atoms with Gasteiger partial charge in [0, 0.05) is 11.5 Å². The van der Waals surface area contributed by atoms with Crippen LogP contribution >= 0.6 is 0 Å². The Labute approximate surface area is 189 Å². The van der Waals surface area contributed by atoms with Crippen LogP contribution in [0.2, 0.25) is 0 Å². The Morgan fingerprint density at radius 3 is 2.23 bits per heavy atom. The lowest BCUT2D eigenvalue weighted by atomic mass is 9.44. The van der Waals surface area contributed by atoms with E-state index in [9.17, 15) is 9.90 Å². The van der Waals surface area contributed by atoms with Gasteiger partial charge in [-0.1, -0.05) is 31.0 Å². The molecule has 0 amide bonds. The number of aryl methyl sites for hydroxylation is 2. The lowest BCUT2D eigenvalue weighted by molar-refractivity contribution is -0.144. The highest BCUT2D eigenvalue weighted by Crippen LogP contribution is 2.68. The van der Waals surface area contributed by atoms with Crippen LogP contribution in [0.1, 0.15) is 100 Å². The third-order valence-corrected chi connectivity index (χ3v) is 10.8. The molecule has 0 aliphatic heterocycles. The Kier molecular flexibility index (Phi) is 5.02.